The molecule has 7 heteroatoms. The Hall–Kier alpha value is -1.60. The molecule has 2 amide bonds. The van der Waals surface area contributed by atoms with Crippen molar-refractivity contribution < 1.29 is 23.8 Å². The Balaban J connectivity index is 2.21. The van der Waals surface area contributed by atoms with Gasteiger partial charge in [0.25, 0.3) is 5.91 Å². The lowest BCUT2D eigenvalue weighted by Gasteiger charge is -2.35. The Morgan fingerprint density at radius 2 is 2.08 bits per heavy atom. The van der Waals surface area contributed by atoms with E-state index in [2.05, 4.69) is 0 Å². The van der Waals surface area contributed by atoms with Crippen molar-refractivity contribution in [3.63, 3.8) is 0 Å². The van der Waals surface area contributed by atoms with Gasteiger partial charge in [-0.2, -0.15) is 0 Å². The number of piperidine rings is 1. The maximum Gasteiger partial charge on any atom is 0.413 e. The highest BCUT2D eigenvalue weighted by atomic mass is 16.6. The van der Waals surface area contributed by atoms with Crippen molar-refractivity contribution in [1.82, 2.24) is 9.80 Å². The Bertz CT molecular complexity index is 548. The maximum atomic E-state index is 12.7. The molecule has 7 nitrogen and oxygen atoms in total. The Morgan fingerprint density at radius 3 is 2.68 bits per heavy atom. The van der Waals surface area contributed by atoms with Crippen LogP contribution in [0.5, 0.6) is 0 Å². The topological polar surface area (TPSA) is 68.3 Å². The molecular weight excluding hydrogens is 324 g/mol. The summed E-state index contributed by atoms with van der Waals surface area (Å²) < 4.78 is 16.4. The highest BCUT2D eigenvalue weighted by Gasteiger charge is 2.45. The van der Waals surface area contributed by atoms with E-state index in [-0.39, 0.29) is 18.7 Å². The molecule has 2 saturated heterocycles. The number of rotatable bonds is 3. The molecule has 0 N–H and O–H groups in total. The molecule has 2 aliphatic heterocycles. The van der Waals surface area contributed by atoms with Crippen LogP contribution in [-0.4, -0.2) is 66.2 Å². The van der Waals surface area contributed by atoms with E-state index in [0.717, 1.165) is 6.42 Å². The molecule has 0 radical (unpaired) electrons. The van der Waals surface area contributed by atoms with Gasteiger partial charge in [0.15, 0.2) is 0 Å². The third-order valence-corrected chi connectivity index (χ3v) is 4.22. The molecule has 0 aromatic carbocycles. The fraction of sp³-hybridized carbons (Fsp3) is 0.778. The molecule has 0 aromatic rings. The maximum absolute atomic E-state index is 12.7. The number of hydrogen-bond donors (Lipinski definition) is 0. The average Bonchev–Trinajstić information content (AvgIpc) is 2.76. The van der Waals surface area contributed by atoms with E-state index in [1.165, 1.54) is 0 Å². The van der Waals surface area contributed by atoms with E-state index in [0.29, 0.717) is 25.1 Å². The van der Waals surface area contributed by atoms with Gasteiger partial charge in [-0.3, -0.25) is 9.69 Å². The lowest BCUT2D eigenvalue weighted by molar-refractivity contribution is -0.133. The summed E-state index contributed by atoms with van der Waals surface area (Å²) in [5.41, 5.74) is -0.680. The Kier molecular flexibility index (Phi) is 5.79. The summed E-state index contributed by atoms with van der Waals surface area (Å²) in [6.07, 6.45) is 2.99. The van der Waals surface area contributed by atoms with Crippen LogP contribution in [0.2, 0.25) is 0 Å². The Labute approximate surface area is 149 Å². The number of carbonyl (C=O) groups is 2. The predicted octanol–water partition coefficient (Wildman–Crippen LogP) is 2.51. The quantitative estimate of drug-likeness (QED) is 0.729. The van der Waals surface area contributed by atoms with E-state index < -0.39 is 17.4 Å². The van der Waals surface area contributed by atoms with E-state index in [1.807, 2.05) is 40.7 Å². The van der Waals surface area contributed by atoms with Gasteiger partial charge in [0.05, 0.1) is 12.6 Å². The third-order valence-electron chi connectivity index (χ3n) is 4.22. The fourth-order valence-corrected chi connectivity index (χ4v) is 3.16. The molecular formula is C18H30N2O5. The van der Waals surface area contributed by atoms with Gasteiger partial charge < -0.3 is 19.1 Å². The molecule has 0 aromatic heterocycles. The summed E-state index contributed by atoms with van der Waals surface area (Å²) in [4.78, 5) is 28.5. The minimum Gasteiger partial charge on any atom is -0.444 e. The zero-order valence-electron chi connectivity index (χ0n) is 16.1. The molecule has 0 aliphatic carbocycles. The van der Waals surface area contributed by atoms with Crippen molar-refractivity contribution in [2.75, 3.05) is 27.0 Å². The number of nitrogens with zero attached hydrogens (tertiary/aromatic N) is 2. The smallest absolute Gasteiger partial charge is 0.413 e. The van der Waals surface area contributed by atoms with Crippen LogP contribution in [0.15, 0.2) is 11.6 Å². The zero-order chi connectivity index (χ0) is 18.8. The Morgan fingerprint density at radius 1 is 1.40 bits per heavy atom. The summed E-state index contributed by atoms with van der Waals surface area (Å²) >= 11 is 0. The van der Waals surface area contributed by atoms with Gasteiger partial charge in [0.1, 0.15) is 18.1 Å². The summed E-state index contributed by atoms with van der Waals surface area (Å²) in [6, 6.07) is -0.328. The first-order valence-corrected chi connectivity index (χ1v) is 8.70. The molecule has 0 spiro atoms. The van der Waals surface area contributed by atoms with Crippen LogP contribution in [0.4, 0.5) is 4.79 Å². The van der Waals surface area contributed by atoms with Gasteiger partial charge in [-0.1, -0.05) is 6.08 Å². The minimum atomic E-state index is -0.784. The molecule has 2 aliphatic rings. The lowest BCUT2D eigenvalue weighted by atomic mass is 10.0. The molecule has 0 saturated carbocycles. The van der Waals surface area contributed by atoms with Crippen LogP contribution in [0.25, 0.3) is 0 Å². The molecule has 2 fully saturated rings. The van der Waals surface area contributed by atoms with Crippen LogP contribution < -0.4 is 0 Å². The SMILES string of the molecule is COCN1CCC/C(=C/[C@@H]2COC(C)(C)N2C(=O)OC(C)(C)C)C1=O. The summed E-state index contributed by atoms with van der Waals surface area (Å²) in [6.45, 7) is 10.4. The molecule has 0 unspecified atom stereocenters. The van der Waals surface area contributed by atoms with Crippen molar-refractivity contribution in [3.05, 3.63) is 11.6 Å². The third kappa shape index (κ3) is 4.73. The number of hydrogen-bond acceptors (Lipinski definition) is 5. The van der Waals surface area contributed by atoms with Gasteiger partial charge in [-0.15, -0.1) is 0 Å². The minimum absolute atomic E-state index is 0.0399. The van der Waals surface area contributed by atoms with E-state index in [1.54, 1.807) is 16.9 Å². The van der Waals surface area contributed by atoms with Crippen LogP contribution >= 0.6 is 0 Å². The average molecular weight is 354 g/mol. The first-order valence-electron chi connectivity index (χ1n) is 8.70. The van der Waals surface area contributed by atoms with Gasteiger partial charge >= 0.3 is 6.09 Å². The summed E-state index contributed by atoms with van der Waals surface area (Å²) in [5.74, 6) is -0.0399. The number of amides is 2. The van der Waals surface area contributed by atoms with Crippen LogP contribution in [0.3, 0.4) is 0 Å². The van der Waals surface area contributed by atoms with Gasteiger partial charge in [-0.05, 0) is 47.5 Å². The molecule has 0 bridgehead atoms. The molecule has 2 rings (SSSR count). The van der Waals surface area contributed by atoms with Gasteiger partial charge in [-0.25, -0.2) is 4.79 Å². The van der Waals surface area contributed by atoms with Crippen LogP contribution in [0, 0.1) is 0 Å². The van der Waals surface area contributed by atoms with Gasteiger partial charge in [0, 0.05) is 19.2 Å². The molecule has 2 heterocycles. The monoisotopic (exact) mass is 354 g/mol. The first-order chi connectivity index (χ1) is 11.5. The number of likely N-dealkylation sites (tertiary alicyclic amines) is 1. The van der Waals surface area contributed by atoms with Crippen molar-refractivity contribution in [1.29, 1.82) is 0 Å². The standard InChI is InChI=1S/C18H30N2O5/c1-17(2,3)25-16(22)20-14(11-24-18(20,4)5)10-13-8-7-9-19(12-23-6)15(13)21/h10,14H,7-9,11-12H2,1-6H3/b13-10-/t14-/m1/s1. The fourth-order valence-electron chi connectivity index (χ4n) is 3.16. The van der Waals surface area contributed by atoms with Crippen LogP contribution in [0.1, 0.15) is 47.5 Å². The van der Waals surface area contributed by atoms with Gasteiger partial charge in [0.2, 0.25) is 0 Å². The summed E-state index contributed by atoms with van der Waals surface area (Å²) in [5, 5.41) is 0. The second-order valence-corrected chi connectivity index (χ2v) is 7.96. The number of ether oxygens (including phenoxy) is 3. The zero-order valence-corrected chi connectivity index (χ0v) is 16.1. The summed E-state index contributed by atoms with van der Waals surface area (Å²) in [7, 11) is 1.57. The molecule has 25 heavy (non-hydrogen) atoms. The highest BCUT2D eigenvalue weighted by molar-refractivity contribution is 5.94. The number of methoxy groups -OCH3 is 1. The second kappa shape index (κ2) is 7.33. The molecule has 142 valence electrons. The highest BCUT2D eigenvalue weighted by Crippen LogP contribution is 2.31. The van der Waals surface area contributed by atoms with Crippen molar-refractivity contribution in [2.24, 2.45) is 0 Å². The van der Waals surface area contributed by atoms with Crippen LogP contribution in [-0.2, 0) is 19.0 Å². The van der Waals surface area contributed by atoms with E-state index in [9.17, 15) is 9.59 Å². The van der Waals surface area contributed by atoms with E-state index in [4.69, 9.17) is 14.2 Å². The second-order valence-electron chi connectivity index (χ2n) is 7.96. The largest absolute Gasteiger partial charge is 0.444 e. The lowest BCUT2D eigenvalue weighted by Crippen LogP contribution is -2.49. The normalized spacial score (nSPS) is 25.6. The number of carbonyl (C=O) groups excluding carboxylic acids is 2. The van der Waals surface area contributed by atoms with Crippen molar-refractivity contribution in [3.8, 4) is 0 Å². The van der Waals surface area contributed by atoms with Crippen molar-refractivity contribution in [2.45, 2.75) is 64.8 Å². The predicted molar refractivity (Wildman–Crippen MR) is 92.8 cm³/mol. The van der Waals surface area contributed by atoms with Crippen molar-refractivity contribution >= 4 is 12.0 Å². The first kappa shape index (κ1) is 19.7. The van der Waals surface area contributed by atoms with E-state index >= 15 is 0 Å². The molecule has 1 atom stereocenters.